The maximum atomic E-state index is 13.4. The summed E-state index contributed by atoms with van der Waals surface area (Å²) in [6, 6.07) is 52.5. The molecule has 5 heterocycles. The first-order valence-corrected chi connectivity index (χ1v) is 19.2. The quantitative estimate of drug-likeness (QED) is 0.176. The second-order valence-electron chi connectivity index (χ2n) is 14.6. The molecule has 0 spiro atoms. The Labute approximate surface area is 333 Å². The van der Waals surface area contributed by atoms with Gasteiger partial charge >= 0.3 is 0 Å². The Balaban J connectivity index is 1.29. The highest BCUT2D eigenvalue weighted by atomic mass is 16.2. The maximum absolute atomic E-state index is 13.4. The summed E-state index contributed by atoms with van der Waals surface area (Å²) in [6.07, 6.45) is 8.35. The topological polar surface area (TPSA) is 91.5 Å². The van der Waals surface area contributed by atoms with Gasteiger partial charge in [0.1, 0.15) is 0 Å². The van der Waals surface area contributed by atoms with Crippen LogP contribution >= 0.6 is 0 Å². The first-order chi connectivity index (χ1) is 28.6. The van der Waals surface area contributed by atoms with E-state index in [0.29, 0.717) is 11.1 Å². The fourth-order valence-electron chi connectivity index (χ4n) is 8.52. The average Bonchev–Trinajstić information content (AvgIpc) is 4.12. The van der Waals surface area contributed by atoms with Gasteiger partial charge < -0.3 is 9.97 Å². The summed E-state index contributed by atoms with van der Waals surface area (Å²) >= 11 is 0. The monoisotopic (exact) mass is 744 g/mol. The molecule has 6 heteroatoms. The molecule has 6 nitrogen and oxygen atoms in total. The molecule has 58 heavy (non-hydrogen) atoms. The van der Waals surface area contributed by atoms with Crippen LogP contribution in [-0.4, -0.2) is 31.5 Å². The molecule has 272 valence electrons. The number of nitrogens with one attached hydrogen (secondary N) is 2. The first kappa shape index (κ1) is 33.4. The van der Waals surface area contributed by atoms with E-state index in [1.165, 1.54) is 0 Å². The Morgan fingerprint density at radius 1 is 0.310 bits per heavy atom. The molecule has 0 unspecified atom stereocenters. The number of nitrogens with zero attached hydrogens (tertiary/aromatic N) is 2. The highest BCUT2D eigenvalue weighted by Gasteiger charge is 2.30. The van der Waals surface area contributed by atoms with E-state index in [9.17, 15) is 9.59 Å². The molecule has 5 aromatic carbocycles. The van der Waals surface area contributed by atoms with Gasteiger partial charge in [-0.2, -0.15) is 0 Å². The molecule has 0 amide bonds. The minimum Gasteiger partial charge on any atom is -0.354 e. The van der Waals surface area contributed by atoms with Gasteiger partial charge in [-0.15, -0.1) is 0 Å². The van der Waals surface area contributed by atoms with Gasteiger partial charge in [-0.05, 0) is 94.1 Å². The molecule has 0 radical (unpaired) electrons. The smallest absolute Gasteiger partial charge is 0.234 e. The van der Waals surface area contributed by atoms with Gasteiger partial charge in [0.25, 0.3) is 0 Å². The standard InChI is InChI=1S/C52H32N4O2/c57-51-36-19-11-10-18-35(36)38-30-34(20-21-37(38)52(51)58)50-45-28-26-43(55-45)48(32-14-6-2-7-15-32)41-24-22-39(53-41)47(31-12-4-1-5-13-31)40-23-25-42(54-40)49(33-16-8-3-9-17-33)44-27-29-46(50)56-44/h1-30,55-56H. The van der Waals surface area contributed by atoms with Crippen molar-refractivity contribution in [3.8, 4) is 55.6 Å². The molecule has 0 saturated carbocycles. The van der Waals surface area contributed by atoms with Crippen molar-refractivity contribution in [1.29, 1.82) is 0 Å². The third-order valence-electron chi connectivity index (χ3n) is 11.2. The fraction of sp³-hybridized carbons (Fsp3) is 0. The van der Waals surface area contributed by atoms with E-state index in [-0.39, 0.29) is 0 Å². The summed E-state index contributed by atoms with van der Waals surface area (Å²) in [5.74, 6) is -0.973. The van der Waals surface area contributed by atoms with Crippen LogP contribution in [0.1, 0.15) is 43.5 Å². The van der Waals surface area contributed by atoms with Gasteiger partial charge in [-0.25, -0.2) is 9.97 Å². The lowest BCUT2D eigenvalue weighted by atomic mass is 9.82. The van der Waals surface area contributed by atoms with Crippen LogP contribution in [0.3, 0.4) is 0 Å². The molecule has 8 bridgehead atoms. The normalized spacial score (nSPS) is 12.8. The number of aromatic nitrogens is 4. The molecule has 11 rings (SSSR count). The summed E-state index contributed by atoms with van der Waals surface area (Å²) in [4.78, 5) is 44.9. The Morgan fingerprint density at radius 3 is 1.17 bits per heavy atom. The van der Waals surface area contributed by atoms with Gasteiger partial charge in [0.05, 0.1) is 22.8 Å². The van der Waals surface area contributed by atoms with Crippen molar-refractivity contribution in [3.05, 3.63) is 192 Å². The minimum atomic E-state index is -0.493. The third kappa shape index (κ3) is 5.42. The minimum absolute atomic E-state index is 0.405. The van der Waals surface area contributed by atoms with E-state index in [2.05, 4.69) is 94.9 Å². The molecule has 0 saturated heterocycles. The highest BCUT2D eigenvalue weighted by molar-refractivity contribution is 6.53. The molecular weight excluding hydrogens is 713 g/mol. The summed E-state index contributed by atoms with van der Waals surface area (Å²) in [6.45, 7) is 0. The lowest BCUT2D eigenvalue weighted by Gasteiger charge is -2.18. The predicted octanol–water partition coefficient (Wildman–Crippen LogP) is 12.4. The molecule has 8 aromatic rings. The van der Waals surface area contributed by atoms with Gasteiger partial charge in [0.15, 0.2) is 0 Å². The van der Waals surface area contributed by atoms with Crippen molar-refractivity contribution in [2.45, 2.75) is 0 Å². The number of Topliss-reactive ketones (excluding diaryl/α,β-unsaturated/α-hetero) is 2. The Hall–Kier alpha value is -7.96. The maximum Gasteiger partial charge on any atom is 0.234 e. The second-order valence-corrected chi connectivity index (χ2v) is 14.6. The number of ketones is 2. The number of fused-ring (bicyclic) bond motifs is 11. The summed E-state index contributed by atoms with van der Waals surface area (Å²) in [7, 11) is 0. The number of carbonyl (C=O) groups is 2. The molecular formula is C52H32N4O2. The van der Waals surface area contributed by atoms with Gasteiger partial charge in [0.2, 0.25) is 11.6 Å². The summed E-state index contributed by atoms with van der Waals surface area (Å²) < 4.78 is 0. The van der Waals surface area contributed by atoms with E-state index in [1.54, 1.807) is 18.2 Å². The summed E-state index contributed by atoms with van der Waals surface area (Å²) in [5.41, 5.74) is 16.9. The zero-order chi connectivity index (χ0) is 38.7. The van der Waals surface area contributed by atoms with Crippen molar-refractivity contribution in [2.75, 3.05) is 0 Å². The zero-order valence-corrected chi connectivity index (χ0v) is 31.0. The third-order valence-corrected chi connectivity index (χ3v) is 11.2. The van der Waals surface area contributed by atoms with E-state index in [1.807, 2.05) is 78.9 Å². The molecule has 3 aliphatic rings. The lowest BCUT2D eigenvalue weighted by Crippen LogP contribution is -2.21. The number of H-pyrrole nitrogens is 2. The van der Waals surface area contributed by atoms with Crippen molar-refractivity contribution >= 4 is 57.9 Å². The van der Waals surface area contributed by atoms with Crippen LogP contribution in [0.4, 0.5) is 0 Å². The van der Waals surface area contributed by atoms with Crippen LogP contribution in [0.2, 0.25) is 0 Å². The van der Waals surface area contributed by atoms with Crippen molar-refractivity contribution in [1.82, 2.24) is 19.9 Å². The number of hydrogen-bond acceptors (Lipinski definition) is 4. The van der Waals surface area contributed by atoms with E-state index in [4.69, 9.17) is 9.97 Å². The van der Waals surface area contributed by atoms with Crippen LogP contribution in [0.25, 0.3) is 102 Å². The molecule has 3 aromatic heterocycles. The van der Waals surface area contributed by atoms with Gasteiger partial charge in [-0.3, -0.25) is 9.59 Å². The largest absolute Gasteiger partial charge is 0.354 e. The number of carbonyl (C=O) groups excluding carboxylic acids is 2. The van der Waals surface area contributed by atoms with Crippen LogP contribution in [0.5, 0.6) is 0 Å². The molecule has 2 aliphatic heterocycles. The van der Waals surface area contributed by atoms with Gasteiger partial charge in [0, 0.05) is 55.4 Å². The van der Waals surface area contributed by atoms with Crippen LogP contribution in [0, 0.1) is 0 Å². The van der Waals surface area contributed by atoms with Crippen LogP contribution < -0.4 is 0 Å². The average molecular weight is 745 g/mol. The molecule has 2 N–H and O–H groups in total. The highest BCUT2D eigenvalue weighted by Crippen LogP contribution is 2.41. The zero-order valence-electron chi connectivity index (χ0n) is 31.0. The Kier molecular flexibility index (Phi) is 7.69. The summed E-state index contributed by atoms with van der Waals surface area (Å²) in [5, 5.41) is 0. The lowest BCUT2D eigenvalue weighted by molar-refractivity contribution is 0.0815. The van der Waals surface area contributed by atoms with E-state index in [0.717, 1.165) is 100 Å². The number of hydrogen-bond donors (Lipinski definition) is 2. The molecule has 1 aliphatic carbocycles. The van der Waals surface area contributed by atoms with E-state index >= 15 is 0 Å². The first-order valence-electron chi connectivity index (χ1n) is 19.2. The number of rotatable bonds is 4. The molecule has 0 atom stereocenters. The molecule has 0 fully saturated rings. The van der Waals surface area contributed by atoms with Crippen molar-refractivity contribution in [3.63, 3.8) is 0 Å². The van der Waals surface area contributed by atoms with Crippen molar-refractivity contribution < 1.29 is 9.59 Å². The Morgan fingerprint density at radius 2 is 0.690 bits per heavy atom. The van der Waals surface area contributed by atoms with Gasteiger partial charge in [-0.1, -0.05) is 121 Å². The Bertz CT molecular complexity index is 3110. The van der Waals surface area contributed by atoms with E-state index < -0.39 is 11.6 Å². The second kappa shape index (κ2) is 13.4. The number of benzene rings is 5. The van der Waals surface area contributed by atoms with Crippen molar-refractivity contribution in [2.24, 2.45) is 0 Å². The van der Waals surface area contributed by atoms with Crippen LogP contribution in [0.15, 0.2) is 158 Å². The predicted molar refractivity (Wildman–Crippen MR) is 235 cm³/mol. The number of aromatic amines is 2. The fourth-order valence-corrected chi connectivity index (χ4v) is 8.52. The SMILES string of the molecule is O=C1C(=O)c2ccc(-c3c4ccc([nH]4)c(-c4ccccc4)c4nc(c(-c5ccccc5)c5nc(c(-c6ccccc6)c6ccc3[nH]6)C=C5)C=C4)cc2-c2ccccc21. The van der Waals surface area contributed by atoms with Crippen LogP contribution in [-0.2, 0) is 0 Å².